The van der Waals surface area contributed by atoms with Gasteiger partial charge in [-0.15, -0.1) is 0 Å². The normalized spacial score (nSPS) is 11.3. The third-order valence-electron chi connectivity index (χ3n) is 4.70. The van der Waals surface area contributed by atoms with Crippen LogP contribution in [-0.4, -0.2) is 50.6 Å². The van der Waals surface area contributed by atoms with Crippen molar-refractivity contribution in [2.45, 2.75) is 26.4 Å². The lowest BCUT2D eigenvalue weighted by Gasteiger charge is -2.29. The van der Waals surface area contributed by atoms with E-state index in [0.717, 1.165) is 11.1 Å². The maximum atomic E-state index is 13.0. The van der Waals surface area contributed by atoms with Crippen LogP contribution in [0.5, 0.6) is 17.2 Å². The van der Waals surface area contributed by atoms with Crippen molar-refractivity contribution in [1.29, 1.82) is 0 Å². The first kappa shape index (κ1) is 22.1. The van der Waals surface area contributed by atoms with Gasteiger partial charge in [-0.1, -0.05) is 24.3 Å². The summed E-state index contributed by atoms with van der Waals surface area (Å²) in [7, 11) is 4.63. The predicted molar refractivity (Wildman–Crippen MR) is 110 cm³/mol. The Morgan fingerprint density at radius 3 is 2.17 bits per heavy atom. The molecule has 0 fully saturated rings. The molecule has 1 atom stereocenters. The second kappa shape index (κ2) is 10.4. The number of carbonyl (C=O) groups excluding carboxylic acids is 2. The number of methoxy groups -OCH3 is 2. The van der Waals surface area contributed by atoms with Gasteiger partial charge in [-0.05, 0) is 25.0 Å². The highest BCUT2D eigenvalue weighted by Crippen LogP contribution is 2.27. The molecule has 156 valence electrons. The summed E-state index contributed by atoms with van der Waals surface area (Å²) in [6.45, 7) is 3.76. The topological polar surface area (TPSA) is 77.1 Å². The summed E-state index contributed by atoms with van der Waals surface area (Å²) in [5.41, 5.74) is 2.02. The van der Waals surface area contributed by atoms with Crippen LogP contribution in [0.15, 0.2) is 42.5 Å². The lowest BCUT2D eigenvalue weighted by molar-refractivity contribution is -0.142. The molecule has 0 aliphatic heterocycles. The largest absolute Gasteiger partial charge is 0.496 e. The number of carbonyl (C=O) groups is 2. The van der Waals surface area contributed by atoms with Gasteiger partial charge in [0.2, 0.25) is 5.91 Å². The number of aryl methyl sites for hydroxylation is 1. The molecule has 0 aliphatic carbocycles. The minimum absolute atomic E-state index is 0.219. The maximum Gasteiger partial charge on any atom is 0.261 e. The summed E-state index contributed by atoms with van der Waals surface area (Å²) < 4.78 is 16.1. The first-order valence-corrected chi connectivity index (χ1v) is 9.31. The smallest absolute Gasteiger partial charge is 0.261 e. The molecular weight excluding hydrogens is 372 g/mol. The van der Waals surface area contributed by atoms with Gasteiger partial charge in [0.1, 0.15) is 23.3 Å². The van der Waals surface area contributed by atoms with E-state index < -0.39 is 6.04 Å². The van der Waals surface area contributed by atoms with E-state index in [-0.39, 0.29) is 18.4 Å². The summed E-state index contributed by atoms with van der Waals surface area (Å²) in [4.78, 5) is 26.7. The number of amides is 2. The van der Waals surface area contributed by atoms with E-state index in [0.29, 0.717) is 23.8 Å². The highest BCUT2D eigenvalue weighted by Gasteiger charge is 2.26. The molecule has 0 saturated heterocycles. The second-order valence-electron chi connectivity index (χ2n) is 6.58. The summed E-state index contributed by atoms with van der Waals surface area (Å²) in [5, 5.41) is 2.60. The molecule has 0 spiro atoms. The number of rotatable bonds is 9. The SMILES string of the molecule is CNC(=O)[C@@H](C)N(Cc1ccccc1C)C(=O)COc1cc(OC)cc(OC)c1. The fraction of sp³-hybridized carbons (Fsp3) is 0.364. The Bertz CT molecular complexity index is 831. The maximum absolute atomic E-state index is 13.0. The molecule has 0 aromatic heterocycles. The average Bonchev–Trinajstić information content (AvgIpc) is 2.75. The molecule has 0 bridgehead atoms. The Morgan fingerprint density at radius 2 is 1.62 bits per heavy atom. The average molecular weight is 400 g/mol. The Kier molecular flexibility index (Phi) is 7.88. The molecule has 2 amide bonds. The number of nitrogens with zero attached hydrogens (tertiary/aromatic N) is 1. The van der Waals surface area contributed by atoms with Gasteiger partial charge < -0.3 is 24.4 Å². The van der Waals surface area contributed by atoms with E-state index in [1.54, 1.807) is 46.4 Å². The van der Waals surface area contributed by atoms with Gasteiger partial charge in [0.05, 0.1) is 14.2 Å². The quantitative estimate of drug-likeness (QED) is 0.700. The van der Waals surface area contributed by atoms with Crippen LogP contribution < -0.4 is 19.5 Å². The number of hydrogen-bond donors (Lipinski definition) is 1. The first-order valence-electron chi connectivity index (χ1n) is 9.31. The van der Waals surface area contributed by atoms with Gasteiger partial charge in [0.15, 0.2) is 6.61 Å². The minimum atomic E-state index is -0.643. The molecule has 7 nitrogen and oxygen atoms in total. The van der Waals surface area contributed by atoms with Gasteiger partial charge in [0, 0.05) is 31.8 Å². The molecular formula is C22H28N2O5. The monoisotopic (exact) mass is 400 g/mol. The lowest BCUT2D eigenvalue weighted by atomic mass is 10.1. The van der Waals surface area contributed by atoms with Crippen LogP contribution in [0.3, 0.4) is 0 Å². The number of ether oxygens (including phenoxy) is 3. The van der Waals surface area contributed by atoms with E-state index in [2.05, 4.69) is 5.32 Å². The first-order chi connectivity index (χ1) is 13.9. The van der Waals surface area contributed by atoms with Crippen LogP contribution in [0.1, 0.15) is 18.1 Å². The fourth-order valence-electron chi connectivity index (χ4n) is 2.86. The van der Waals surface area contributed by atoms with Crippen LogP contribution in [0, 0.1) is 6.92 Å². The number of hydrogen-bond acceptors (Lipinski definition) is 5. The van der Waals surface area contributed by atoms with Crippen LogP contribution in [0.2, 0.25) is 0 Å². The standard InChI is InChI=1S/C22H28N2O5/c1-15-8-6-7-9-17(15)13-24(16(2)22(26)23-3)21(25)14-29-20-11-18(27-4)10-19(12-20)28-5/h6-12,16H,13-14H2,1-5H3,(H,23,26)/t16-/m1/s1. The molecule has 1 N–H and O–H groups in total. The minimum Gasteiger partial charge on any atom is -0.496 e. The zero-order chi connectivity index (χ0) is 21.4. The summed E-state index contributed by atoms with van der Waals surface area (Å²) in [6, 6.07) is 12.2. The van der Waals surface area contributed by atoms with Gasteiger partial charge in [0.25, 0.3) is 5.91 Å². The Labute approximate surface area is 171 Å². The molecule has 0 unspecified atom stereocenters. The molecule has 0 heterocycles. The van der Waals surface area contributed by atoms with Crippen molar-refractivity contribution in [2.24, 2.45) is 0 Å². The van der Waals surface area contributed by atoms with Crippen molar-refractivity contribution < 1.29 is 23.8 Å². The van der Waals surface area contributed by atoms with Crippen LogP contribution >= 0.6 is 0 Å². The van der Waals surface area contributed by atoms with Crippen molar-refractivity contribution in [1.82, 2.24) is 10.2 Å². The number of benzene rings is 2. The molecule has 2 rings (SSSR count). The van der Waals surface area contributed by atoms with Gasteiger partial charge in [-0.3, -0.25) is 9.59 Å². The Morgan fingerprint density at radius 1 is 1.03 bits per heavy atom. The van der Waals surface area contributed by atoms with Gasteiger partial charge in [-0.2, -0.15) is 0 Å². The molecule has 7 heteroatoms. The molecule has 0 radical (unpaired) electrons. The molecule has 2 aromatic carbocycles. The summed E-state index contributed by atoms with van der Waals surface area (Å²) >= 11 is 0. The van der Waals surface area contributed by atoms with E-state index in [1.807, 2.05) is 31.2 Å². The lowest BCUT2D eigenvalue weighted by Crippen LogP contribution is -2.48. The van der Waals surface area contributed by atoms with Crippen LogP contribution in [0.4, 0.5) is 0 Å². The van der Waals surface area contributed by atoms with Gasteiger partial charge in [-0.25, -0.2) is 0 Å². The summed E-state index contributed by atoms with van der Waals surface area (Å²) in [6.07, 6.45) is 0. The van der Waals surface area contributed by atoms with Crippen LogP contribution in [0.25, 0.3) is 0 Å². The van der Waals surface area contributed by atoms with Crippen molar-refractivity contribution in [3.8, 4) is 17.2 Å². The van der Waals surface area contributed by atoms with Crippen LogP contribution in [-0.2, 0) is 16.1 Å². The predicted octanol–water partition coefficient (Wildman–Crippen LogP) is 2.55. The summed E-state index contributed by atoms with van der Waals surface area (Å²) in [5.74, 6) is 1.02. The molecule has 0 saturated carbocycles. The van der Waals surface area contributed by atoms with E-state index >= 15 is 0 Å². The van der Waals surface area contributed by atoms with Crippen molar-refractivity contribution in [3.63, 3.8) is 0 Å². The molecule has 29 heavy (non-hydrogen) atoms. The second-order valence-corrected chi connectivity index (χ2v) is 6.58. The van der Waals surface area contributed by atoms with Gasteiger partial charge >= 0.3 is 0 Å². The zero-order valence-corrected chi connectivity index (χ0v) is 17.5. The van der Waals surface area contributed by atoms with Crippen molar-refractivity contribution in [3.05, 3.63) is 53.6 Å². The van der Waals surface area contributed by atoms with Crippen molar-refractivity contribution in [2.75, 3.05) is 27.9 Å². The molecule has 2 aromatic rings. The van der Waals surface area contributed by atoms with E-state index in [4.69, 9.17) is 14.2 Å². The van der Waals surface area contributed by atoms with Crippen molar-refractivity contribution >= 4 is 11.8 Å². The van der Waals surface area contributed by atoms with E-state index in [1.165, 1.54) is 4.90 Å². The van der Waals surface area contributed by atoms with E-state index in [9.17, 15) is 9.59 Å². The highest BCUT2D eigenvalue weighted by atomic mass is 16.5. The third-order valence-corrected chi connectivity index (χ3v) is 4.70. The third kappa shape index (κ3) is 5.88. The Hall–Kier alpha value is -3.22. The number of likely N-dealkylation sites (N-methyl/N-ethyl adjacent to an activating group) is 1. The molecule has 0 aliphatic rings. The highest BCUT2D eigenvalue weighted by molar-refractivity contribution is 5.87. The number of nitrogens with one attached hydrogen (secondary N) is 1. The zero-order valence-electron chi connectivity index (χ0n) is 17.5. The fourth-order valence-corrected chi connectivity index (χ4v) is 2.86. The Balaban J connectivity index is 2.19.